The summed E-state index contributed by atoms with van der Waals surface area (Å²) in [4.78, 5) is 24.5. The summed E-state index contributed by atoms with van der Waals surface area (Å²) in [5, 5.41) is 14.6. The number of para-hydroxylation sites is 1. The van der Waals surface area contributed by atoms with Crippen LogP contribution in [0.2, 0.25) is 0 Å². The van der Waals surface area contributed by atoms with E-state index in [9.17, 15) is 9.59 Å². The lowest BCUT2D eigenvalue weighted by atomic mass is 10.0. The van der Waals surface area contributed by atoms with Crippen molar-refractivity contribution >= 4 is 29.3 Å². The molecule has 2 N–H and O–H groups in total. The highest BCUT2D eigenvalue weighted by molar-refractivity contribution is 7.99. The molecule has 0 saturated heterocycles. The van der Waals surface area contributed by atoms with Crippen LogP contribution >= 0.6 is 11.8 Å². The average Bonchev–Trinajstić information content (AvgIpc) is 3.19. The summed E-state index contributed by atoms with van der Waals surface area (Å²) < 4.78 is 7.32. The maximum Gasteiger partial charge on any atom is 0.258 e. The smallest absolute Gasteiger partial charge is 0.258 e. The minimum absolute atomic E-state index is 0.0834. The number of nitrogens with one attached hydrogen (secondary N) is 2. The van der Waals surface area contributed by atoms with Crippen LogP contribution < -0.4 is 15.4 Å². The predicted octanol–water partition coefficient (Wildman–Crippen LogP) is 3.93. The van der Waals surface area contributed by atoms with Crippen LogP contribution in [0.25, 0.3) is 0 Å². The molecule has 1 aromatic heterocycles. The number of benzene rings is 2. The number of hydrogen-bond acceptors (Lipinski definition) is 6. The summed E-state index contributed by atoms with van der Waals surface area (Å²) in [7, 11) is 1.81. The summed E-state index contributed by atoms with van der Waals surface area (Å²) in [5.74, 6) is 1.53. The molecule has 0 aliphatic heterocycles. The number of aromatic nitrogens is 3. The van der Waals surface area contributed by atoms with Crippen LogP contribution in [0, 0.1) is 0 Å². The van der Waals surface area contributed by atoms with Crippen molar-refractivity contribution in [1.29, 1.82) is 0 Å². The number of hydrogen-bond donors (Lipinski definition) is 2. The molecule has 2 amide bonds. The molecule has 8 nitrogen and oxygen atoms in total. The number of aryl methyl sites for hydroxylation is 1. The van der Waals surface area contributed by atoms with Crippen LogP contribution in [0.5, 0.6) is 5.75 Å². The van der Waals surface area contributed by atoms with E-state index in [0.717, 1.165) is 17.7 Å². The fourth-order valence-electron chi connectivity index (χ4n) is 3.22. The first-order chi connectivity index (χ1) is 16.4. The SMILES string of the molecule is CCc1ccccc1NC(=O)CSc1nnc(CNC(=O)COc2ccc(C(C)C)cc2)n1C. The van der Waals surface area contributed by atoms with Gasteiger partial charge in [-0.25, -0.2) is 0 Å². The van der Waals surface area contributed by atoms with Crippen LogP contribution in [-0.4, -0.2) is 38.9 Å². The Bertz CT molecular complexity index is 1110. The van der Waals surface area contributed by atoms with E-state index in [-0.39, 0.29) is 30.7 Å². The lowest BCUT2D eigenvalue weighted by Gasteiger charge is -2.10. The molecule has 9 heteroatoms. The third kappa shape index (κ3) is 7.08. The van der Waals surface area contributed by atoms with E-state index < -0.39 is 0 Å². The monoisotopic (exact) mass is 481 g/mol. The summed E-state index contributed by atoms with van der Waals surface area (Å²) >= 11 is 1.29. The average molecular weight is 482 g/mol. The standard InChI is InChI=1S/C25H31N5O3S/c1-5-18-8-6-7-9-21(18)27-24(32)16-34-25-29-28-22(30(25)4)14-26-23(31)15-33-20-12-10-19(11-13-20)17(2)3/h6-13,17H,5,14-16H2,1-4H3,(H,26,31)(H,27,32). The molecule has 0 aliphatic rings. The Balaban J connectivity index is 1.43. The number of amides is 2. The first-order valence-corrected chi connectivity index (χ1v) is 12.2. The van der Waals surface area contributed by atoms with Gasteiger partial charge in [0.2, 0.25) is 5.91 Å². The summed E-state index contributed by atoms with van der Waals surface area (Å²) in [6.07, 6.45) is 0.845. The van der Waals surface area contributed by atoms with Crippen LogP contribution in [0.1, 0.15) is 43.6 Å². The third-order valence-electron chi connectivity index (χ3n) is 5.29. The van der Waals surface area contributed by atoms with Gasteiger partial charge in [0, 0.05) is 12.7 Å². The second-order valence-electron chi connectivity index (χ2n) is 8.09. The van der Waals surface area contributed by atoms with Gasteiger partial charge in [-0.15, -0.1) is 10.2 Å². The number of thioether (sulfide) groups is 1. The van der Waals surface area contributed by atoms with Gasteiger partial charge in [0.25, 0.3) is 5.91 Å². The van der Waals surface area contributed by atoms with Crippen LogP contribution in [0.4, 0.5) is 5.69 Å². The Morgan fingerprint density at radius 1 is 1.06 bits per heavy atom. The number of anilines is 1. The summed E-state index contributed by atoms with van der Waals surface area (Å²) in [6, 6.07) is 15.5. The zero-order chi connectivity index (χ0) is 24.5. The molecule has 0 fully saturated rings. The maximum atomic E-state index is 12.4. The normalized spacial score (nSPS) is 10.9. The van der Waals surface area contributed by atoms with Gasteiger partial charge in [0.05, 0.1) is 12.3 Å². The second-order valence-corrected chi connectivity index (χ2v) is 9.04. The van der Waals surface area contributed by atoms with Gasteiger partial charge >= 0.3 is 0 Å². The Hall–Kier alpha value is -3.33. The van der Waals surface area contributed by atoms with E-state index in [1.165, 1.54) is 17.3 Å². The number of nitrogens with zero attached hydrogens (tertiary/aromatic N) is 3. The van der Waals surface area contributed by atoms with Gasteiger partial charge in [-0.3, -0.25) is 9.59 Å². The highest BCUT2D eigenvalue weighted by atomic mass is 32.2. The molecule has 0 bridgehead atoms. The molecular formula is C25H31N5O3S. The molecule has 34 heavy (non-hydrogen) atoms. The van der Waals surface area contributed by atoms with E-state index in [1.54, 1.807) is 11.6 Å². The maximum absolute atomic E-state index is 12.4. The van der Waals surface area contributed by atoms with Crippen molar-refractivity contribution in [2.75, 3.05) is 17.7 Å². The van der Waals surface area contributed by atoms with E-state index in [0.29, 0.717) is 22.6 Å². The zero-order valence-corrected chi connectivity index (χ0v) is 20.8. The lowest BCUT2D eigenvalue weighted by Crippen LogP contribution is -2.29. The van der Waals surface area contributed by atoms with E-state index >= 15 is 0 Å². The molecule has 3 aromatic rings. The van der Waals surface area contributed by atoms with Crippen molar-refractivity contribution in [2.24, 2.45) is 7.05 Å². The minimum atomic E-state index is -0.251. The van der Waals surface area contributed by atoms with Crippen molar-refractivity contribution in [1.82, 2.24) is 20.1 Å². The van der Waals surface area contributed by atoms with Gasteiger partial charge in [-0.2, -0.15) is 0 Å². The van der Waals surface area contributed by atoms with Crippen molar-refractivity contribution in [3.63, 3.8) is 0 Å². The molecule has 0 radical (unpaired) electrons. The molecule has 3 rings (SSSR count). The first-order valence-electron chi connectivity index (χ1n) is 11.3. The van der Waals surface area contributed by atoms with E-state index in [1.807, 2.05) is 48.5 Å². The summed E-state index contributed by atoms with van der Waals surface area (Å²) in [5.41, 5.74) is 3.14. The van der Waals surface area contributed by atoms with Crippen LogP contribution in [0.15, 0.2) is 53.7 Å². The Morgan fingerprint density at radius 3 is 2.50 bits per heavy atom. The minimum Gasteiger partial charge on any atom is -0.484 e. The first kappa shape index (κ1) is 25.3. The highest BCUT2D eigenvalue weighted by Crippen LogP contribution is 2.20. The second kappa shape index (κ2) is 12.2. The van der Waals surface area contributed by atoms with Crippen molar-refractivity contribution < 1.29 is 14.3 Å². The molecule has 0 spiro atoms. The van der Waals surface area contributed by atoms with Crippen LogP contribution in [-0.2, 0) is 29.6 Å². The van der Waals surface area contributed by atoms with E-state index in [2.05, 4.69) is 41.6 Å². The number of rotatable bonds is 11. The van der Waals surface area contributed by atoms with Crippen molar-refractivity contribution in [2.45, 2.75) is 44.8 Å². The molecule has 0 unspecified atom stereocenters. The van der Waals surface area contributed by atoms with Gasteiger partial charge in [0.1, 0.15) is 5.75 Å². The molecule has 0 saturated carbocycles. The van der Waals surface area contributed by atoms with Gasteiger partial charge in [0.15, 0.2) is 17.6 Å². The molecule has 180 valence electrons. The number of ether oxygens (including phenoxy) is 1. The lowest BCUT2D eigenvalue weighted by molar-refractivity contribution is -0.123. The Labute approximate surface area is 204 Å². The fraction of sp³-hybridized carbons (Fsp3) is 0.360. The number of carbonyl (C=O) groups is 2. The molecule has 0 atom stereocenters. The zero-order valence-electron chi connectivity index (χ0n) is 20.0. The van der Waals surface area contributed by atoms with Crippen LogP contribution in [0.3, 0.4) is 0 Å². The topological polar surface area (TPSA) is 98.1 Å². The van der Waals surface area contributed by atoms with Crippen molar-refractivity contribution in [3.05, 3.63) is 65.5 Å². The quantitative estimate of drug-likeness (QED) is 0.403. The number of carbonyl (C=O) groups excluding carboxylic acids is 2. The highest BCUT2D eigenvalue weighted by Gasteiger charge is 2.13. The van der Waals surface area contributed by atoms with Crippen molar-refractivity contribution in [3.8, 4) is 5.75 Å². The summed E-state index contributed by atoms with van der Waals surface area (Å²) in [6.45, 7) is 6.44. The van der Waals surface area contributed by atoms with Gasteiger partial charge < -0.3 is 19.9 Å². The Morgan fingerprint density at radius 2 is 1.79 bits per heavy atom. The molecular weight excluding hydrogens is 450 g/mol. The van der Waals surface area contributed by atoms with Gasteiger partial charge in [-0.1, -0.05) is 62.9 Å². The largest absolute Gasteiger partial charge is 0.484 e. The predicted molar refractivity (Wildman–Crippen MR) is 134 cm³/mol. The molecule has 0 aliphatic carbocycles. The molecule has 1 heterocycles. The van der Waals surface area contributed by atoms with Gasteiger partial charge in [-0.05, 0) is 41.7 Å². The van der Waals surface area contributed by atoms with E-state index in [4.69, 9.17) is 4.74 Å². The third-order valence-corrected chi connectivity index (χ3v) is 6.31. The fourth-order valence-corrected chi connectivity index (χ4v) is 3.95. The molecule has 2 aromatic carbocycles. The Kier molecular flexibility index (Phi) is 9.09.